The molecular formula is C10H19NO5S. The molecule has 1 unspecified atom stereocenters. The van der Waals surface area contributed by atoms with Crippen molar-refractivity contribution in [3.05, 3.63) is 0 Å². The zero-order valence-electron chi connectivity index (χ0n) is 10.1. The fourth-order valence-electron chi connectivity index (χ4n) is 1.40. The second-order valence-corrected chi connectivity index (χ2v) is 6.35. The Morgan fingerprint density at radius 3 is 2.24 bits per heavy atom. The van der Waals surface area contributed by atoms with Crippen LogP contribution in [0.1, 0.15) is 32.6 Å². The molecule has 0 rings (SSSR count). The van der Waals surface area contributed by atoms with Crippen LogP contribution in [0.3, 0.4) is 0 Å². The molecule has 0 heterocycles. The summed E-state index contributed by atoms with van der Waals surface area (Å²) in [6.45, 7) is 1.62. The molecule has 2 N–H and O–H groups in total. The van der Waals surface area contributed by atoms with Gasteiger partial charge in [-0.2, -0.15) is 0 Å². The SMILES string of the molecule is CC(CS(C)(=O)=O)NC(=O)CCCCC(=O)O. The lowest BCUT2D eigenvalue weighted by Crippen LogP contribution is -2.37. The Hall–Kier alpha value is -1.11. The standard InChI is InChI=1S/C10H19NO5S/c1-8(7-17(2,15)16)11-9(12)5-3-4-6-10(13)14/h8H,3-7H2,1-2H3,(H,11,12)(H,13,14). The summed E-state index contributed by atoms with van der Waals surface area (Å²) in [4.78, 5) is 21.5. The number of rotatable bonds is 8. The van der Waals surface area contributed by atoms with Crippen molar-refractivity contribution >= 4 is 21.7 Å². The highest BCUT2D eigenvalue weighted by Crippen LogP contribution is 2.00. The minimum atomic E-state index is -3.10. The fourth-order valence-corrected chi connectivity index (χ4v) is 2.40. The molecule has 100 valence electrons. The van der Waals surface area contributed by atoms with E-state index in [1.54, 1.807) is 6.92 Å². The molecule has 0 aliphatic heterocycles. The lowest BCUT2D eigenvalue weighted by Gasteiger charge is -2.12. The zero-order chi connectivity index (χ0) is 13.5. The monoisotopic (exact) mass is 265 g/mol. The van der Waals surface area contributed by atoms with Gasteiger partial charge in [-0.3, -0.25) is 9.59 Å². The first-order valence-corrected chi connectivity index (χ1v) is 7.45. The normalized spacial score (nSPS) is 13.1. The second-order valence-electron chi connectivity index (χ2n) is 4.16. The molecule has 0 aliphatic carbocycles. The molecule has 7 heteroatoms. The molecule has 0 spiro atoms. The van der Waals surface area contributed by atoms with Crippen molar-refractivity contribution in [2.45, 2.75) is 38.6 Å². The van der Waals surface area contributed by atoms with Crippen LogP contribution in [-0.2, 0) is 19.4 Å². The van der Waals surface area contributed by atoms with Crippen LogP contribution in [0.2, 0.25) is 0 Å². The number of sulfone groups is 1. The van der Waals surface area contributed by atoms with Gasteiger partial charge in [-0.15, -0.1) is 0 Å². The van der Waals surface area contributed by atoms with E-state index < -0.39 is 21.8 Å². The van der Waals surface area contributed by atoms with Gasteiger partial charge in [0.1, 0.15) is 9.84 Å². The first-order valence-electron chi connectivity index (χ1n) is 5.39. The van der Waals surface area contributed by atoms with E-state index in [0.29, 0.717) is 12.8 Å². The predicted octanol–water partition coefficient (Wildman–Crippen LogP) is 0.181. The lowest BCUT2D eigenvalue weighted by molar-refractivity contribution is -0.137. The first-order chi connectivity index (χ1) is 7.70. The van der Waals surface area contributed by atoms with E-state index in [-0.39, 0.29) is 24.5 Å². The summed E-state index contributed by atoms with van der Waals surface area (Å²) in [5.41, 5.74) is 0. The third kappa shape index (κ3) is 11.2. The molecule has 1 amide bonds. The van der Waals surface area contributed by atoms with E-state index in [9.17, 15) is 18.0 Å². The molecule has 1 atom stereocenters. The molecule has 0 aromatic rings. The third-order valence-electron chi connectivity index (χ3n) is 2.00. The summed E-state index contributed by atoms with van der Waals surface area (Å²) in [5, 5.41) is 10.9. The Morgan fingerprint density at radius 1 is 1.24 bits per heavy atom. The summed E-state index contributed by atoms with van der Waals surface area (Å²) < 4.78 is 21.9. The molecule has 0 aromatic carbocycles. The lowest BCUT2D eigenvalue weighted by atomic mass is 10.2. The number of unbranched alkanes of at least 4 members (excludes halogenated alkanes) is 1. The van der Waals surface area contributed by atoms with E-state index in [0.717, 1.165) is 6.26 Å². The van der Waals surface area contributed by atoms with Crippen LogP contribution in [-0.4, -0.2) is 43.5 Å². The summed E-state index contributed by atoms with van der Waals surface area (Å²) in [6.07, 6.45) is 2.32. The molecule has 0 fully saturated rings. The van der Waals surface area contributed by atoms with Gasteiger partial charge in [0.2, 0.25) is 5.91 Å². The van der Waals surface area contributed by atoms with E-state index in [1.165, 1.54) is 0 Å². The Labute approximate surface area is 101 Å². The number of hydrogen-bond acceptors (Lipinski definition) is 4. The van der Waals surface area contributed by atoms with Crippen LogP contribution in [0.25, 0.3) is 0 Å². The molecular weight excluding hydrogens is 246 g/mol. The quantitative estimate of drug-likeness (QED) is 0.610. The van der Waals surface area contributed by atoms with Gasteiger partial charge in [-0.25, -0.2) is 8.42 Å². The van der Waals surface area contributed by atoms with Gasteiger partial charge in [0.15, 0.2) is 0 Å². The van der Waals surface area contributed by atoms with E-state index >= 15 is 0 Å². The van der Waals surface area contributed by atoms with Gasteiger partial charge in [0.05, 0.1) is 5.75 Å². The number of amides is 1. The molecule has 0 aromatic heterocycles. The van der Waals surface area contributed by atoms with Gasteiger partial charge in [-0.1, -0.05) is 0 Å². The number of carboxylic acid groups (broad SMARTS) is 1. The largest absolute Gasteiger partial charge is 0.481 e. The van der Waals surface area contributed by atoms with Gasteiger partial charge >= 0.3 is 5.97 Å². The maximum atomic E-state index is 11.3. The number of nitrogens with one attached hydrogen (secondary N) is 1. The highest BCUT2D eigenvalue weighted by molar-refractivity contribution is 7.90. The summed E-state index contributed by atoms with van der Waals surface area (Å²) in [7, 11) is -3.10. The maximum absolute atomic E-state index is 11.3. The third-order valence-corrected chi connectivity index (χ3v) is 3.11. The van der Waals surface area contributed by atoms with E-state index in [1.807, 2.05) is 0 Å². The topological polar surface area (TPSA) is 101 Å². The Kier molecular flexibility index (Phi) is 6.79. The average molecular weight is 265 g/mol. The smallest absolute Gasteiger partial charge is 0.303 e. The first kappa shape index (κ1) is 15.9. The predicted molar refractivity (Wildman–Crippen MR) is 63.4 cm³/mol. The molecule has 0 bridgehead atoms. The van der Waals surface area contributed by atoms with Crippen molar-refractivity contribution in [1.82, 2.24) is 5.32 Å². The van der Waals surface area contributed by atoms with Crippen molar-refractivity contribution in [1.29, 1.82) is 0 Å². The minimum Gasteiger partial charge on any atom is -0.481 e. The summed E-state index contributed by atoms with van der Waals surface area (Å²) in [5.74, 6) is -1.21. The molecule has 17 heavy (non-hydrogen) atoms. The van der Waals surface area contributed by atoms with Crippen LogP contribution < -0.4 is 5.32 Å². The van der Waals surface area contributed by atoms with Crippen LogP contribution in [0, 0.1) is 0 Å². The van der Waals surface area contributed by atoms with Gasteiger partial charge < -0.3 is 10.4 Å². The highest BCUT2D eigenvalue weighted by Gasteiger charge is 2.12. The van der Waals surface area contributed by atoms with E-state index in [2.05, 4.69) is 5.32 Å². The number of hydrogen-bond donors (Lipinski definition) is 2. The maximum Gasteiger partial charge on any atom is 0.303 e. The number of carboxylic acids is 1. The molecule has 0 radical (unpaired) electrons. The van der Waals surface area contributed by atoms with Gasteiger partial charge in [0, 0.05) is 25.1 Å². The molecule has 6 nitrogen and oxygen atoms in total. The zero-order valence-corrected chi connectivity index (χ0v) is 10.9. The Bertz CT molecular complexity index is 363. The fraction of sp³-hybridized carbons (Fsp3) is 0.800. The molecule has 0 saturated carbocycles. The van der Waals surface area contributed by atoms with Gasteiger partial charge in [0.25, 0.3) is 0 Å². The Morgan fingerprint density at radius 2 is 1.76 bits per heavy atom. The highest BCUT2D eigenvalue weighted by atomic mass is 32.2. The van der Waals surface area contributed by atoms with Crippen molar-refractivity contribution < 1.29 is 23.1 Å². The molecule has 0 aliphatic rings. The number of aliphatic carboxylic acids is 1. The number of carbonyl (C=O) groups is 2. The van der Waals surface area contributed by atoms with Gasteiger partial charge in [-0.05, 0) is 19.8 Å². The summed E-state index contributed by atoms with van der Waals surface area (Å²) in [6, 6.07) is -0.419. The second kappa shape index (κ2) is 7.26. The van der Waals surface area contributed by atoms with Crippen LogP contribution in [0.4, 0.5) is 0 Å². The Balaban J connectivity index is 3.75. The van der Waals surface area contributed by atoms with E-state index in [4.69, 9.17) is 5.11 Å². The molecule has 0 saturated heterocycles. The average Bonchev–Trinajstić information content (AvgIpc) is 2.08. The van der Waals surface area contributed by atoms with Crippen molar-refractivity contribution in [2.75, 3.05) is 12.0 Å². The van der Waals surface area contributed by atoms with Crippen LogP contribution in [0.15, 0.2) is 0 Å². The van der Waals surface area contributed by atoms with Crippen molar-refractivity contribution in [3.8, 4) is 0 Å². The number of carbonyl (C=O) groups excluding carboxylic acids is 1. The van der Waals surface area contributed by atoms with Crippen LogP contribution >= 0.6 is 0 Å². The summed E-state index contributed by atoms with van der Waals surface area (Å²) >= 11 is 0. The van der Waals surface area contributed by atoms with Crippen molar-refractivity contribution in [2.24, 2.45) is 0 Å². The van der Waals surface area contributed by atoms with Crippen molar-refractivity contribution in [3.63, 3.8) is 0 Å². The van der Waals surface area contributed by atoms with Crippen LogP contribution in [0.5, 0.6) is 0 Å². The minimum absolute atomic E-state index is 0.0478.